The molecule has 0 spiro atoms. The summed E-state index contributed by atoms with van der Waals surface area (Å²) in [4.78, 5) is 4.63. The second-order valence-electron chi connectivity index (χ2n) is 7.45. The van der Waals surface area contributed by atoms with Gasteiger partial charge < -0.3 is 15.0 Å². The van der Waals surface area contributed by atoms with E-state index in [4.69, 9.17) is 0 Å². The maximum Gasteiger partial charge on any atom is 0.183 e. The van der Waals surface area contributed by atoms with E-state index in [0.29, 0.717) is 11.8 Å². The number of piperidine rings is 1. The standard InChI is InChI=1S/C20H23N5O/c1-12-17(16-8-7-13-4-2-6-15(13)19(16)26)23-24-20-18(12)22-11-25(20)14-5-3-9-21-10-14/h7-8,11,14,21,26H,2-6,9-10H2,1H3/t14-/m1/s1. The zero-order valence-electron chi connectivity index (χ0n) is 15.0. The minimum atomic E-state index is 0.368. The third kappa shape index (κ3) is 2.32. The maximum atomic E-state index is 10.8. The van der Waals surface area contributed by atoms with E-state index in [2.05, 4.69) is 31.1 Å². The van der Waals surface area contributed by atoms with Gasteiger partial charge in [0.1, 0.15) is 17.0 Å². The molecule has 0 amide bonds. The number of aromatic hydroxyl groups is 1. The SMILES string of the molecule is Cc1c(-c2ccc3c(c2O)CCC3)nnc2c1ncn2[C@@H]1CCCNC1. The molecule has 1 aliphatic heterocycles. The molecule has 2 N–H and O–H groups in total. The topological polar surface area (TPSA) is 75.9 Å². The number of hydrogen-bond acceptors (Lipinski definition) is 5. The molecule has 3 aromatic rings. The van der Waals surface area contributed by atoms with Gasteiger partial charge in [0.25, 0.3) is 0 Å². The molecular formula is C20H23N5O. The Kier molecular flexibility index (Phi) is 3.67. The third-order valence-electron chi connectivity index (χ3n) is 5.89. The van der Waals surface area contributed by atoms with Crippen molar-refractivity contribution in [1.82, 2.24) is 25.1 Å². The molecule has 3 heterocycles. The minimum absolute atomic E-state index is 0.368. The number of rotatable bonds is 2. The van der Waals surface area contributed by atoms with Crippen molar-refractivity contribution in [2.75, 3.05) is 13.1 Å². The van der Waals surface area contributed by atoms with E-state index in [-0.39, 0.29) is 0 Å². The Morgan fingerprint density at radius 3 is 2.96 bits per heavy atom. The second-order valence-corrected chi connectivity index (χ2v) is 7.45. The number of aryl methyl sites for hydroxylation is 2. The van der Waals surface area contributed by atoms with E-state index >= 15 is 0 Å². The molecule has 1 aliphatic carbocycles. The van der Waals surface area contributed by atoms with Crippen LogP contribution in [0, 0.1) is 6.92 Å². The summed E-state index contributed by atoms with van der Waals surface area (Å²) in [7, 11) is 0. The molecule has 6 heteroatoms. The number of nitrogens with zero attached hydrogens (tertiary/aromatic N) is 4. The lowest BCUT2D eigenvalue weighted by Gasteiger charge is -2.24. The number of nitrogens with one attached hydrogen (secondary N) is 1. The molecule has 1 saturated heterocycles. The molecule has 1 fully saturated rings. The highest BCUT2D eigenvalue weighted by Gasteiger charge is 2.23. The number of fused-ring (bicyclic) bond motifs is 2. The molecule has 2 aromatic heterocycles. The Morgan fingerprint density at radius 2 is 2.12 bits per heavy atom. The molecule has 0 unspecified atom stereocenters. The fourth-order valence-electron chi connectivity index (χ4n) is 4.43. The van der Waals surface area contributed by atoms with Crippen LogP contribution in [0.25, 0.3) is 22.4 Å². The van der Waals surface area contributed by atoms with Crippen molar-refractivity contribution in [2.45, 2.75) is 45.1 Å². The highest BCUT2D eigenvalue weighted by molar-refractivity contribution is 5.83. The van der Waals surface area contributed by atoms with Crippen molar-refractivity contribution < 1.29 is 5.11 Å². The predicted octanol–water partition coefficient (Wildman–Crippen LogP) is 2.92. The van der Waals surface area contributed by atoms with E-state index < -0.39 is 0 Å². The molecular weight excluding hydrogens is 326 g/mol. The summed E-state index contributed by atoms with van der Waals surface area (Å²) in [6.07, 6.45) is 7.27. The van der Waals surface area contributed by atoms with Gasteiger partial charge >= 0.3 is 0 Å². The second kappa shape index (κ2) is 6.06. The quantitative estimate of drug-likeness (QED) is 0.744. The number of aromatic nitrogens is 4. The highest BCUT2D eigenvalue weighted by Crippen LogP contribution is 2.39. The Morgan fingerprint density at radius 1 is 1.19 bits per heavy atom. The van der Waals surface area contributed by atoms with Gasteiger partial charge in [0.2, 0.25) is 0 Å². The van der Waals surface area contributed by atoms with E-state index in [1.54, 1.807) is 0 Å². The van der Waals surface area contributed by atoms with Crippen LogP contribution >= 0.6 is 0 Å². The van der Waals surface area contributed by atoms with Gasteiger partial charge in [-0.1, -0.05) is 6.07 Å². The fourth-order valence-corrected chi connectivity index (χ4v) is 4.43. The minimum Gasteiger partial charge on any atom is -0.507 e. The summed E-state index contributed by atoms with van der Waals surface area (Å²) >= 11 is 0. The third-order valence-corrected chi connectivity index (χ3v) is 5.89. The largest absolute Gasteiger partial charge is 0.507 e. The van der Waals surface area contributed by atoms with Gasteiger partial charge in [0.05, 0.1) is 6.33 Å². The number of imidazole rings is 1. The maximum absolute atomic E-state index is 10.8. The fraction of sp³-hybridized carbons (Fsp3) is 0.450. The van der Waals surface area contributed by atoms with Gasteiger partial charge in [-0.25, -0.2) is 4.98 Å². The summed E-state index contributed by atoms with van der Waals surface area (Å²) in [6, 6.07) is 4.47. The Hall–Kier alpha value is -2.47. The molecule has 6 nitrogen and oxygen atoms in total. The smallest absolute Gasteiger partial charge is 0.183 e. The van der Waals surface area contributed by atoms with Crippen LogP contribution in [0.1, 0.15) is 42.0 Å². The molecule has 1 atom stereocenters. The van der Waals surface area contributed by atoms with Crippen LogP contribution < -0.4 is 5.32 Å². The van der Waals surface area contributed by atoms with E-state index in [1.165, 1.54) is 5.56 Å². The van der Waals surface area contributed by atoms with Crippen molar-refractivity contribution >= 4 is 11.2 Å². The van der Waals surface area contributed by atoms with Gasteiger partial charge in [-0.05, 0) is 62.8 Å². The van der Waals surface area contributed by atoms with E-state index in [9.17, 15) is 5.11 Å². The van der Waals surface area contributed by atoms with Crippen LogP contribution in [0.3, 0.4) is 0 Å². The van der Waals surface area contributed by atoms with Gasteiger partial charge in [0.15, 0.2) is 5.65 Å². The molecule has 2 aliphatic rings. The first-order valence-corrected chi connectivity index (χ1v) is 9.48. The first-order valence-electron chi connectivity index (χ1n) is 9.48. The van der Waals surface area contributed by atoms with Gasteiger partial charge in [-0.3, -0.25) is 0 Å². The molecule has 0 bridgehead atoms. The summed E-state index contributed by atoms with van der Waals surface area (Å²) in [5, 5.41) is 23.2. The molecule has 134 valence electrons. The van der Waals surface area contributed by atoms with E-state index in [1.807, 2.05) is 19.3 Å². The molecule has 0 radical (unpaired) electrons. The monoisotopic (exact) mass is 349 g/mol. The lowest BCUT2D eigenvalue weighted by Crippen LogP contribution is -2.31. The van der Waals surface area contributed by atoms with Crippen molar-refractivity contribution in [3.05, 3.63) is 35.2 Å². The van der Waals surface area contributed by atoms with Crippen molar-refractivity contribution in [3.63, 3.8) is 0 Å². The zero-order chi connectivity index (χ0) is 17.7. The molecule has 5 rings (SSSR count). The Labute approximate surface area is 152 Å². The van der Waals surface area contributed by atoms with Crippen LogP contribution in [0.4, 0.5) is 0 Å². The van der Waals surface area contributed by atoms with Gasteiger partial charge in [-0.15, -0.1) is 10.2 Å². The van der Waals surface area contributed by atoms with Crippen LogP contribution in [0.2, 0.25) is 0 Å². The normalized spacial score (nSPS) is 19.8. The number of hydrogen-bond donors (Lipinski definition) is 2. The van der Waals surface area contributed by atoms with Crippen molar-refractivity contribution in [3.8, 4) is 17.0 Å². The number of phenols is 1. The first kappa shape index (κ1) is 15.8. The van der Waals surface area contributed by atoms with Crippen molar-refractivity contribution in [1.29, 1.82) is 0 Å². The average molecular weight is 349 g/mol. The number of benzene rings is 1. The lowest BCUT2D eigenvalue weighted by molar-refractivity contribution is 0.376. The average Bonchev–Trinajstić information content (AvgIpc) is 3.31. The molecule has 1 aromatic carbocycles. The zero-order valence-corrected chi connectivity index (χ0v) is 15.0. The molecule has 26 heavy (non-hydrogen) atoms. The summed E-state index contributed by atoms with van der Waals surface area (Å²) < 4.78 is 2.15. The Bertz CT molecular complexity index is 988. The van der Waals surface area contributed by atoms with E-state index in [0.717, 1.165) is 78.7 Å². The van der Waals surface area contributed by atoms with Crippen LogP contribution in [-0.2, 0) is 12.8 Å². The Balaban J connectivity index is 1.61. The number of phenolic OH excluding ortho intramolecular Hbond substituents is 1. The van der Waals surface area contributed by atoms with Crippen molar-refractivity contribution in [2.24, 2.45) is 0 Å². The van der Waals surface area contributed by atoms with Crippen LogP contribution in [0.15, 0.2) is 18.5 Å². The lowest BCUT2D eigenvalue weighted by atomic mass is 10.00. The highest BCUT2D eigenvalue weighted by atomic mass is 16.3. The van der Waals surface area contributed by atoms with Gasteiger partial charge in [-0.2, -0.15) is 0 Å². The first-order chi connectivity index (χ1) is 12.7. The summed E-state index contributed by atoms with van der Waals surface area (Å²) in [5.41, 5.74) is 6.52. The van der Waals surface area contributed by atoms with Gasteiger partial charge in [0, 0.05) is 23.7 Å². The van der Waals surface area contributed by atoms with Crippen LogP contribution in [0.5, 0.6) is 5.75 Å². The summed E-state index contributed by atoms with van der Waals surface area (Å²) in [6.45, 7) is 4.05. The van der Waals surface area contributed by atoms with Crippen LogP contribution in [-0.4, -0.2) is 37.9 Å². The summed E-state index contributed by atoms with van der Waals surface area (Å²) in [5.74, 6) is 0.368. The predicted molar refractivity (Wildman–Crippen MR) is 100 cm³/mol. The molecule has 0 saturated carbocycles.